The van der Waals surface area contributed by atoms with Crippen molar-refractivity contribution in [2.24, 2.45) is 5.92 Å². The number of rotatable bonds is 6. The quantitative estimate of drug-likeness (QED) is 0.721. The molecule has 5 heteroatoms. The van der Waals surface area contributed by atoms with Crippen LogP contribution in [-0.4, -0.2) is 52.9 Å². The molecule has 0 radical (unpaired) electrons. The van der Waals surface area contributed by atoms with Crippen LogP contribution in [0.25, 0.3) is 0 Å². The second-order valence-corrected chi connectivity index (χ2v) is 8.79. The molecule has 160 valence electrons. The van der Waals surface area contributed by atoms with E-state index in [0.717, 1.165) is 43.9 Å². The molecule has 1 saturated carbocycles. The van der Waals surface area contributed by atoms with E-state index < -0.39 is 0 Å². The zero-order valence-electron chi connectivity index (χ0n) is 17.7. The van der Waals surface area contributed by atoms with E-state index in [0.29, 0.717) is 24.8 Å². The Balaban J connectivity index is 1.41. The average Bonchev–Trinajstić information content (AvgIpc) is 3.22. The molecule has 1 saturated heterocycles. The second-order valence-electron chi connectivity index (χ2n) is 8.79. The maximum absolute atomic E-state index is 13.1. The van der Waals surface area contributed by atoms with E-state index in [1.165, 1.54) is 37.8 Å². The molecule has 1 amide bonds. The molecule has 4 nitrogen and oxygen atoms in total. The number of benzene rings is 1. The molecule has 0 bridgehead atoms. The number of amides is 1. The lowest BCUT2D eigenvalue weighted by Crippen LogP contribution is -2.38. The van der Waals surface area contributed by atoms with Crippen LogP contribution in [-0.2, 0) is 17.6 Å². The molecule has 30 heavy (non-hydrogen) atoms. The zero-order chi connectivity index (χ0) is 20.8. The van der Waals surface area contributed by atoms with Gasteiger partial charge >= 0.3 is 0 Å². The summed E-state index contributed by atoms with van der Waals surface area (Å²) in [6.07, 6.45) is 9.12. The fourth-order valence-electron chi connectivity index (χ4n) is 4.96. The van der Waals surface area contributed by atoms with E-state index in [-0.39, 0.29) is 11.7 Å². The highest BCUT2D eigenvalue weighted by Crippen LogP contribution is 2.26. The van der Waals surface area contributed by atoms with Gasteiger partial charge in [-0.2, -0.15) is 0 Å². The van der Waals surface area contributed by atoms with Gasteiger partial charge in [-0.15, -0.1) is 0 Å². The van der Waals surface area contributed by atoms with Crippen molar-refractivity contribution >= 4 is 5.91 Å². The predicted molar refractivity (Wildman–Crippen MR) is 117 cm³/mol. The van der Waals surface area contributed by atoms with Crippen LogP contribution in [0.1, 0.15) is 43.4 Å². The van der Waals surface area contributed by atoms with Crippen molar-refractivity contribution in [2.45, 2.75) is 51.0 Å². The molecule has 4 rings (SSSR count). The fraction of sp³-hybridized carbons (Fsp3) is 0.520. The lowest BCUT2D eigenvalue weighted by molar-refractivity contribution is -0.131. The third-order valence-corrected chi connectivity index (χ3v) is 6.59. The number of halogens is 1. The Morgan fingerprint density at radius 2 is 1.83 bits per heavy atom. The minimum Gasteiger partial charge on any atom is -0.341 e. The van der Waals surface area contributed by atoms with Gasteiger partial charge in [-0.25, -0.2) is 4.39 Å². The lowest BCUT2D eigenvalue weighted by atomic mass is 10.0. The second kappa shape index (κ2) is 10.2. The Labute approximate surface area is 179 Å². The van der Waals surface area contributed by atoms with E-state index >= 15 is 0 Å². The van der Waals surface area contributed by atoms with Crippen LogP contribution in [0.2, 0.25) is 0 Å². The first-order valence-electron chi connectivity index (χ1n) is 11.3. The molecule has 1 aliphatic carbocycles. The third-order valence-electron chi connectivity index (χ3n) is 6.59. The number of hydrogen-bond acceptors (Lipinski definition) is 3. The molecular weight excluding hydrogens is 377 g/mol. The molecule has 1 aromatic heterocycles. The number of carbonyl (C=O) groups is 1. The van der Waals surface area contributed by atoms with Crippen molar-refractivity contribution in [3.05, 3.63) is 65.7 Å². The summed E-state index contributed by atoms with van der Waals surface area (Å²) in [5, 5.41) is 0. The number of pyridine rings is 1. The summed E-state index contributed by atoms with van der Waals surface area (Å²) < 4.78 is 13.1. The monoisotopic (exact) mass is 409 g/mol. The topological polar surface area (TPSA) is 36.4 Å². The molecule has 2 heterocycles. The lowest BCUT2D eigenvalue weighted by Gasteiger charge is -2.29. The summed E-state index contributed by atoms with van der Waals surface area (Å²) in [7, 11) is 0. The van der Waals surface area contributed by atoms with E-state index in [1.807, 2.05) is 18.3 Å². The van der Waals surface area contributed by atoms with Gasteiger partial charge < -0.3 is 4.90 Å². The van der Waals surface area contributed by atoms with Crippen LogP contribution in [0.4, 0.5) is 4.39 Å². The smallest absolute Gasteiger partial charge is 0.222 e. The first kappa shape index (κ1) is 21.0. The van der Waals surface area contributed by atoms with Crippen molar-refractivity contribution in [3.8, 4) is 0 Å². The summed E-state index contributed by atoms with van der Waals surface area (Å²) in [4.78, 5) is 22.3. The Bertz CT molecular complexity index is 805. The van der Waals surface area contributed by atoms with Gasteiger partial charge in [0.15, 0.2) is 0 Å². The van der Waals surface area contributed by atoms with Gasteiger partial charge in [0.25, 0.3) is 0 Å². The summed E-state index contributed by atoms with van der Waals surface area (Å²) in [5.74, 6) is 0.373. The molecule has 2 aliphatic rings. The number of nitrogens with zero attached hydrogens (tertiary/aromatic N) is 3. The van der Waals surface area contributed by atoms with Gasteiger partial charge in [0.2, 0.25) is 5.91 Å². The maximum Gasteiger partial charge on any atom is 0.222 e. The summed E-state index contributed by atoms with van der Waals surface area (Å²) in [5.41, 5.74) is 2.12. The van der Waals surface area contributed by atoms with Crippen molar-refractivity contribution in [3.63, 3.8) is 0 Å². The molecule has 1 atom stereocenters. The van der Waals surface area contributed by atoms with Crippen molar-refractivity contribution in [2.75, 3.05) is 26.2 Å². The van der Waals surface area contributed by atoms with Crippen LogP contribution in [0, 0.1) is 11.7 Å². The molecular formula is C25H32FN3O. The van der Waals surface area contributed by atoms with E-state index in [9.17, 15) is 9.18 Å². The largest absolute Gasteiger partial charge is 0.341 e. The van der Waals surface area contributed by atoms with Crippen LogP contribution >= 0.6 is 0 Å². The van der Waals surface area contributed by atoms with Crippen LogP contribution < -0.4 is 0 Å². The summed E-state index contributed by atoms with van der Waals surface area (Å²) >= 11 is 0. The normalized spacial score (nSPS) is 21.0. The Morgan fingerprint density at radius 1 is 1.03 bits per heavy atom. The van der Waals surface area contributed by atoms with Gasteiger partial charge in [-0.1, -0.05) is 31.0 Å². The standard InChI is InChI=1S/C25H32FN3O/c26-22-11-8-20(9-12-22)10-13-25(30)29-16-15-28(24-6-1-2-7-24)18-21(19-29)17-23-5-3-4-14-27-23/h3-5,8-9,11-12,14,21,24H,1-2,6-7,10,13,15-19H2/t21-/m0/s1. The minimum absolute atomic E-state index is 0.207. The molecule has 1 aromatic carbocycles. The molecule has 2 aromatic rings. The summed E-state index contributed by atoms with van der Waals surface area (Å²) in [6, 6.07) is 13.2. The molecule has 0 spiro atoms. The molecule has 2 fully saturated rings. The molecule has 0 unspecified atom stereocenters. The Kier molecular flexibility index (Phi) is 7.11. The van der Waals surface area contributed by atoms with Gasteiger partial charge in [0.05, 0.1) is 0 Å². The van der Waals surface area contributed by atoms with Gasteiger partial charge in [0, 0.05) is 50.5 Å². The van der Waals surface area contributed by atoms with E-state index in [2.05, 4.69) is 20.9 Å². The third kappa shape index (κ3) is 5.66. The highest BCUT2D eigenvalue weighted by molar-refractivity contribution is 5.76. The number of aromatic nitrogens is 1. The predicted octanol–water partition coefficient (Wildman–Crippen LogP) is 4.10. The Hall–Kier alpha value is -2.27. The van der Waals surface area contributed by atoms with Gasteiger partial charge in [-0.3, -0.25) is 14.7 Å². The molecule has 0 N–H and O–H groups in total. The number of carbonyl (C=O) groups excluding carboxylic acids is 1. The molecule has 1 aliphatic heterocycles. The SMILES string of the molecule is O=C(CCc1ccc(F)cc1)N1CCN(C2CCCC2)C[C@H](Cc2ccccn2)C1. The van der Waals surface area contributed by atoms with Crippen molar-refractivity contribution in [1.82, 2.24) is 14.8 Å². The van der Waals surface area contributed by atoms with Crippen LogP contribution in [0.5, 0.6) is 0 Å². The van der Waals surface area contributed by atoms with Gasteiger partial charge in [-0.05, 0) is 61.4 Å². The van der Waals surface area contributed by atoms with Crippen LogP contribution in [0.15, 0.2) is 48.7 Å². The van der Waals surface area contributed by atoms with Crippen LogP contribution in [0.3, 0.4) is 0 Å². The van der Waals surface area contributed by atoms with Crippen molar-refractivity contribution < 1.29 is 9.18 Å². The highest BCUT2D eigenvalue weighted by Gasteiger charge is 2.30. The minimum atomic E-state index is -0.234. The number of aryl methyl sites for hydroxylation is 1. The Morgan fingerprint density at radius 3 is 2.57 bits per heavy atom. The van der Waals surface area contributed by atoms with Crippen molar-refractivity contribution in [1.29, 1.82) is 0 Å². The maximum atomic E-state index is 13.1. The number of hydrogen-bond donors (Lipinski definition) is 0. The highest BCUT2D eigenvalue weighted by atomic mass is 19.1. The summed E-state index contributed by atoms with van der Waals surface area (Å²) in [6.45, 7) is 3.61. The van der Waals surface area contributed by atoms with Gasteiger partial charge in [0.1, 0.15) is 5.82 Å². The zero-order valence-corrected chi connectivity index (χ0v) is 17.7. The van der Waals surface area contributed by atoms with E-state index in [4.69, 9.17) is 0 Å². The van der Waals surface area contributed by atoms with E-state index in [1.54, 1.807) is 12.1 Å². The average molecular weight is 410 g/mol. The first-order valence-corrected chi connectivity index (χ1v) is 11.3. The first-order chi connectivity index (χ1) is 14.7. The fourth-order valence-corrected chi connectivity index (χ4v) is 4.96.